The van der Waals surface area contributed by atoms with Crippen molar-refractivity contribution in [3.05, 3.63) is 0 Å². The number of methoxy groups -OCH3 is 1. The zero-order valence-corrected chi connectivity index (χ0v) is 9.95. The lowest BCUT2D eigenvalue weighted by Crippen LogP contribution is -2.42. The largest absolute Gasteiger partial charge is 0.385 e. The van der Waals surface area contributed by atoms with Crippen molar-refractivity contribution in [1.82, 2.24) is 10.2 Å². The number of carbonyl (C=O) groups excluding carboxylic acids is 1. The maximum absolute atomic E-state index is 11.4. The van der Waals surface area contributed by atoms with Crippen LogP contribution in [0.15, 0.2) is 0 Å². The second-order valence-corrected chi connectivity index (χ2v) is 3.84. The van der Waals surface area contributed by atoms with E-state index in [2.05, 4.69) is 10.2 Å². The monoisotopic (exact) mass is 217 g/mol. The first-order valence-electron chi connectivity index (χ1n) is 5.25. The van der Waals surface area contributed by atoms with Gasteiger partial charge >= 0.3 is 0 Å². The van der Waals surface area contributed by atoms with Crippen LogP contribution in [0.4, 0.5) is 0 Å². The minimum absolute atomic E-state index is 0.0918. The molecule has 0 aliphatic rings. The maximum atomic E-state index is 11.4. The summed E-state index contributed by atoms with van der Waals surface area (Å²) in [6.07, 6.45) is 1.51. The standard InChI is InChI=1S/C10H23N3O2/c1-13(2)7-4-6-12-10(14)9(11)5-8-15-3/h9H,4-8,11H2,1-3H3,(H,12,14). The van der Waals surface area contributed by atoms with Gasteiger partial charge in [-0.1, -0.05) is 0 Å². The molecule has 0 saturated carbocycles. The van der Waals surface area contributed by atoms with Crippen molar-refractivity contribution in [2.24, 2.45) is 5.73 Å². The lowest BCUT2D eigenvalue weighted by Gasteiger charge is -2.13. The van der Waals surface area contributed by atoms with E-state index in [1.807, 2.05) is 14.1 Å². The molecule has 90 valence electrons. The van der Waals surface area contributed by atoms with Crippen LogP contribution in [-0.2, 0) is 9.53 Å². The van der Waals surface area contributed by atoms with Gasteiger partial charge < -0.3 is 20.7 Å². The molecule has 1 unspecified atom stereocenters. The van der Waals surface area contributed by atoms with Crippen molar-refractivity contribution in [2.75, 3.05) is 40.9 Å². The Labute approximate surface area is 91.9 Å². The van der Waals surface area contributed by atoms with Crippen LogP contribution in [0.2, 0.25) is 0 Å². The summed E-state index contributed by atoms with van der Waals surface area (Å²) in [6.45, 7) is 2.16. The summed E-state index contributed by atoms with van der Waals surface area (Å²) < 4.78 is 4.85. The normalized spacial score (nSPS) is 12.9. The van der Waals surface area contributed by atoms with Crippen LogP contribution in [0.25, 0.3) is 0 Å². The van der Waals surface area contributed by atoms with Crippen LogP contribution in [-0.4, -0.2) is 57.8 Å². The third-order valence-corrected chi connectivity index (χ3v) is 2.05. The number of hydrogen-bond donors (Lipinski definition) is 2. The second-order valence-electron chi connectivity index (χ2n) is 3.84. The van der Waals surface area contributed by atoms with Crippen LogP contribution in [0.5, 0.6) is 0 Å². The highest BCUT2D eigenvalue weighted by Gasteiger charge is 2.11. The zero-order valence-electron chi connectivity index (χ0n) is 9.95. The third kappa shape index (κ3) is 8.35. The number of ether oxygens (including phenoxy) is 1. The Kier molecular flexibility index (Phi) is 8.27. The van der Waals surface area contributed by atoms with E-state index in [0.29, 0.717) is 19.6 Å². The minimum atomic E-state index is -0.454. The molecule has 0 aliphatic heterocycles. The lowest BCUT2D eigenvalue weighted by molar-refractivity contribution is -0.122. The molecule has 0 aromatic carbocycles. The highest BCUT2D eigenvalue weighted by Crippen LogP contribution is 1.89. The predicted molar refractivity (Wildman–Crippen MR) is 60.6 cm³/mol. The van der Waals surface area contributed by atoms with Crippen molar-refractivity contribution >= 4 is 5.91 Å². The molecule has 0 saturated heterocycles. The molecule has 0 radical (unpaired) electrons. The fraction of sp³-hybridized carbons (Fsp3) is 0.900. The highest BCUT2D eigenvalue weighted by atomic mass is 16.5. The fourth-order valence-electron chi connectivity index (χ4n) is 1.11. The lowest BCUT2D eigenvalue weighted by atomic mass is 10.2. The Morgan fingerprint density at radius 2 is 2.20 bits per heavy atom. The van der Waals surface area contributed by atoms with E-state index in [9.17, 15) is 4.79 Å². The topological polar surface area (TPSA) is 67.6 Å². The molecule has 5 heteroatoms. The summed E-state index contributed by atoms with van der Waals surface area (Å²) in [5, 5.41) is 2.80. The molecule has 0 aliphatic carbocycles. The summed E-state index contributed by atoms with van der Waals surface area (Å²) in [4.78, 5) is 13.5. The van der Waals surface area contributed by atoms with E-state index >= 15 is 0 Å². The van der Waals surface area contributed by atoms with Crippen LogP contribution in [0.3, 0.4) is 0 Å². The number of nitrogens with two attached hydrogens (primary N) is 1. The Balaban J connectivity index is 3.47. The average molecular weight is 217 g/mol. The number of nitrogens with zero attached hydrogens (tertiary/aromatic N) is 1. The third-order valence-electron chi connectivity index (χ3n) is 2.05. The van der Waals surface area contributed by atoms with Gasteiger partial charge in [0.15, 0.2) is 0 Å². The molecule has 1 atom stereocenters. The number of nitrogens with one attached hydrogen (secondary N) is 1. The Morgan fingerprint density at radius 3 is 2.73 bits per heavy atom. The van der Waals surface area contributed by atoms with E-state index in [1.54, 1.807) is 7.11 Å². The Hall–Kier alpha value is -0.650. The number of carbonyl (C=O) groups is 1. The van der Waals surface area contributed by atoms with E-state index in [-0.39, 0.29) is 5.91 Å². The van der Waals surface area contributed by atoms with E-state index in [4.69, 9.17) is 10.5 Å². The molecule has 0 rings (SSSR count). The second kappa shape index (κ2) is 8.64. The van der Waals surface area contributed by atoms with E-state index < -0.39 is 6.04 Å². The van der Waals surface area contributed by atoms with Crippen molar-refractivity contribution in [2.45, 2.75) is 18.9 Å². The van der Waals surface area contributed by atoms with Crippen molar-refractivity contribution < 1.29 is 9.53 Å². The summed E-state index contributed by atoms with van der Waals surface area (Å²) in [5.41, 5.74) is 5.64. The predicted octanol–water partition coefficient (Wildman–Crippen LogP) is -0.582. The van der Waals surface area contributed by atoms with Gasteiger partial charge in [-0.3, -0.25) is 4.79 Å². The molecule has 0 aromatic rings. The first kappa shape index (κ1) is 14.3. The minimum Gasteiger partial charge on any atom is -0.385 e. The number of hydrogen-bond acceptors (Lipinski definition) is 4. The quantitative estimate of drug-likeness (QED) is 0.534. The number of rotatable bonds is 8. The Morgan fingerprint density at radius 1 is 1.53 bits per heavy atom. The molecular weight excluding hydrogens is 194 g/mol. The summed E-state index contributed by atoms with van der Waals surface area (Å²) in [5.74, 6) is -0.0918. The molecule has 0 bridgehead atoms. The van der Waals surface area contributed by atoms with Gasteiger partial charge in [0.25, 0.3) is 0 Å². The molecule has 5 nitrogen and oxygen atoms in total. The molecule has 0 spiro atoms. The van der Waals surface area contributed by atoms with Gasteiger partial charge in [0.1, 0.15) is 0 Å². The summed E-state index contributed by atoms with van der Waals surface area (Å²) in [6, 6.07) is -0.454. The average Bonchev–Trinajstić information content (AvgIpc) is 2.20. The fourth-order valence-corrected chi connectivity index (χ4v) is 1.11. The van der Waals surface area contributed by atoms with Gasteiger partial charge in [0, 0.05) is 20.3 Å². The number of amides is 1. The van der Waals surface area contributed by atoms with Crippen molar-refractivity contribution in [1.29, 1.82) is 0 Å². The molecule has 1 amide bonds. The highest BCUT2D eigenvalue weighted by molar-refractivity contribution is 5.81. The van der Waals surface area contributed by atoms with Crippen LogP contribution in [0, 0.1) is 0 Å². The molecule has 0 heterocycles. The smallest absolute Gasteiger partial charge is 0.237 e. The first-order chi connectivity index (χ1) is 7.07. The van der Waals surface area contributed by atoms with Gasteiger partial charge in [-0.15, -0.1) is 0 Å². The van der Waals surface area contributed by atoms with Crippen LogP contribution in [0.1, 0.15) is 12.8 Å². The van der Waals surface area contributed by atoms with Crippen LogP contribution >= 0.6 is 0 Å². The van der Waals surface area contributed by atoms with E-state index in [0.717, 1.165) is 13.0 Å². The van der Waals surface area contributed by atoms with Crippen molar-refractivity contribution in [3.63, 3.8) is 0 Å². The van der Waals surface area contributed by atoms with Crippen LogP contribution < -0.4 is 11.1 Å². The SMILES string of the molecule is COCCC(N)C(=O)NCCCN(C)C. The Bertz CT molecular complexity index is 174. The van der Waals surface area contributed by atoms with Gasteiger partial charge in [-0.2, -0.15) is 0 Å². The summed E-state index contributed by atoms with van der Waals surface area (Å²) in [7, 11) is 5.61. The molecular formula is C10H23N3O2. The van der Waals surface area contributed by atoms with Gasteiger partial charge in [0.05, 0.1) is 6.04 Å². The van der Waals surface area contributed by atoms with Gasteiger partial charge in [-0.25, -0.2) is 0 Å². The molecule has 3 N–H and O–H groups in total. The van der Waals surface area contributed by atoms with E-state index in [1.165, 1.54) is 0 Å². The summed E-state index contributed by atoms with van der Waals surface area (Å²) >= 11 is 0. The first-order valence-corrected chi connectivity index (χ1v) is 5.25. The van der Waals surface area contributed by atoms with Gasteiger partial charge in [-0.05, 0) is 33.5 Å². The molecule has 0 fully saturated rings. The van der Waals surface area contributed by atoms with Crippen molar-refractivity contribution in [3.8, 4) is 0 Å². The molecule has 0 aromatic heterocycles. The maximum Gasteiger partial charge on any atom is 0.237 e. The zero-order chi connectivity index (χ0) is 11.7. The molecule has 15 heavy (non-hydrogen) atoms. The van der Waals surface area contributed by atoms with Gasteiger partial charge in [0.2, 0.25) is 5.91 Å².